The lowest BCUT2D eigenvalue weighted by Crippen LogP contribution is -2.03. The molecule has 0 radical (unpaired) electrons. The van der Waals surface area contributed by atoms with Gasteiger partial charge in [0.2, 0.25) is 0 Å². The van der Waals surface area contributed by atoms with Crippen LogP contribution in [-0.2, 0) is 19.2 Å². The molecule has 0 aliphatic heterocycles. The largest absolute Gasteiger partial charge is 0.488 e. The zero-order valence-corrected chi connectivity index (χ0v) is 18.1. The molecule has 0 aliphatic carbocycles. The molecule has 1 aromatic heterocycles. The molecule has 2 aromatic carbocycles. The molecule has 1 heterocycles. The third-order valence-electron chi connectivity index (χ3n) is 4.55. The van der Waals surface area contributed by atoms with Gasteiger partial charge in [-0.2, -0.15) is 13.2 Å². The monoisotopic (exact) mass is 469 g/mol. The van der Waals surface area contributed by atoms with E-state index >= 15 is 0 Å². The van der Waals surface area contributed by atoms with Gasteiger partial charge in [-0.25, -0.2) is 9.78 Å². The number of carboxylic acids is 1. The summed E-state index contributed by atoms with van der Waals surface area (Å²) in [5, 5.41) is 9.76. The van der Waals surface area contributed by atoms with Crippen molar-refractivity contribution in [3.8, 4) is 16.3 Å². The third kappa shape index (κ3) is 5.77. The number of alkyl halides is 3. The fourth-order valence-electron chi connectivity index (χ4n) is 2.87. The van der Waals surface area contributed by atoms with Crippen LogP contribution < -0.4 is 4.74 Å². The highest BCUT2D eigenvalue weighted by molar-refractivity contribution is 7.15. The molecule has 4 nitrogen and oxygen atoms in total. The maximum absolute atomic E-state index is 12.8. The van der Waals surface area contributed by atoms with Crippen molar-refractivity contribution in [3.05, 3.63) is 69.2 Å². The van der Waals surface area contributed by atoms with E-state index in [-0.39, 0.29) is 17.2 Å². The molecule has 0 aliphatic rings. The molecule has 0 bridgehead atoms. The number of carboxylic acid groups (broad SMARTS) is 1. The van der Waals surface area contributed by atoms with E-state index in [9.17, 15) is 18.0 Å². The van der Waals surface area contributed by atoms with Gasteiger partial charge in [0.05, 0.1) is 26.7 Å². The molecule has 0 saturated carbocycles. The van der Waals surface area contributed by atoms with E-state index in [1.165, 1.54) is 41.7 Å². The summed E-state index contributed by atoms with van der Waals surface area (Å²) in [5.74, 6) is -0.706. The molecule has 31 heavy (non-hydrogen) atoms. The Balaban J connectivity index is 1.82. The average Bonchev–Trinajstić information content (AvgIpc) is 3.13. The van der Waals surface area contributed by atoms with Crippen molar-refractivity contribution in [2.75, 3.05) is 0 Å². The third-order valence-corrected chi connectivity index (χ3v) is 5.98. The second-order valence-corrected chi connectivity index (χ2v) is 8.29. The summed E-state index contributed by atoms with van der Waals surface area (Å²) in [6, 6.07) is 9.27. The number of rotatable bonds is 8. The first-order valence-electron chi connectivity index (χ1n) is 9.51. The number of aromatic carboxylic acids is 1. The minimum atomic E-state index is -4.38. The number of benzene rings is 2. The minimum Gasteiger partial charge on any atom is -0.488 e. The molecule has 3 aromatic rings. The van der Waals surface area contributed by atoms with Crippen LogP contribution in [0.25, 0.3) is 10.6 Å². The van der Waals surface area contributed by atoms with Gasteiger partial charge in [0, 0.05) is 5.56 Å². The molecule has 0 amide bonds. The number of unbranched alkanes of at least 4 members (excludes halogenated alkanes) is 1. The highest BCUT2D eigenvalue weighted by Gasteiger charge is 2.30. The standard InChI is InChI=1S/C22H19ClF3NO3S/c1-2-3-4-18-19(12-30-15-9-10-16(21(28)29)17(23)11-15)31-20(27-18)13-5-7-14(8-6-13)22(24,25)26/h5-11H,2-4,12H2,1H3,(H,28,29). The quantitative estimate of drug-likeness (QED) is 0.382. The van der Waals surface area contributed by atoms with Crippen molar-refractivity contribution < 1.29 is 27.8 Å². The number of hydrogen-bond donors (Lipinski definition) is 1. The Kier molecular flexibility index (Phi) is 7.23. The molecule has 3 rings (SSSR count). The molecule has 0 unspecified atom stereocenters. The zero-order valence-electron chi connectivity index (χ0n) is 16.5. The molecule has 1 N–H and O–H groups in total. The number of aromatic nitrogens is 1. The van der Waals surface area contributed by atoms with Crippen LogP contribution in [0.15, 0.2) is 42.5 Å². The van der Waals surface area contributed by atoms with Gasteiger partial charge in [0.1, 0.15) is 17.4 Å². The Labute approximate surface area is 186 Å². The number of aryl methyl sites for hydroxylation is 1. The molecule has 0 fully saturated rings. The summed E-state index contributed by atoms with van der Waals surface area (Å²) in [4.78, 5) is 16.6. The fraction of sp³-hybridized carbons (Fsp3) is 0.273. The van der Waals surface area contributed by atoms with E-state index in [2.05, 4.69) is 11.9 Å². The van der Waals surface area contributed by atoms with Gasteiger partial charge in [-0.05, 0) is 43.2 Å². The predicted octanol–water partition coefficient (Wildman–Crippen LogP) is 7.10. The van der Waals surface area contributed by atoms with Crippen LogP contribution >= 0.6 is 22.9 Å². The lowest BCUT2D eigenvalue weighted by Gasteiger charge is -2.07. The number of carbonyl (C=O) groups is 1. The molecule has 0 saturated heterocycles. The Hall–Kier alpha value is -2.58. The summed E-state index contributed by atoms with van der Waals surface area (Å²) < 4.78 is 44.2. The number of thiazole rings is 1. The van der Waals surface area contributed by atoms with Crippen LogP contribution in [0.4, 0.5) is 13.2 Å². The molecular formula is C22H19ClF3NO3S. The highest BCUT2D eigenvalue weighted by atomic mass is 35.5. The molecule has 0 atom stereocenters. The van der Waals surface area contributed by atoms with E-state index in [4.69, 9.17) is 21.4 Å². The number of hydrogen-bond acceptors (Lipinski definition) is 4. The zero-order chi connectivity index (χ0) is 22.6. The Morgan fingerprint density at radius 2 is 1.90 bits per heavy atom. The Bertz CT molecular complexity index is 1060. The van der Waals surface area contributed by atoms with E-state index in [1.807, 2.05) is 0 Å². The van der Waals surface area contributed by atoms with E-state index < -0.39 is 17.7 Å². The normalized spacial score (nSPS) is 11.5. The Morgan fingerprint density at radius 1 is 1.19 bits per heavy atom. The van der Waals surface area contributed by atoms with Gasteiger partial charge in [-0.15, -0.1) is 11.3 Å². The van der Waals surface area contributed by atoms with Crippen LogP contribution in [0, 0.1) is 0 Å². The van der Waals surface area contributed by atoms with Gasteiger partial charge < -0.3 is 9.84 Å². The van der Waals surface area contributed by atoms with Crippen molar-refractivity contribution >= 4 is 28.9 Å². The second kappa shape index (κ2) is 9.70. The van der Waals surface area contributed by atoms with Crippen LogP contribution in [0.2, 0.25) is 5.02 Å². The van der Waals surface area contributed by atoms with Crippen molar-refractivity contribution in [2.45, 2.75) is 39.0 Å². The first-order valence-corrected chi connectivity index (χ1v) is 10.7. The fourth-order valence-corrected chi connectivity index (χ4v) is 4.15. The van der Waals surface area contributed by atoms with Gasteiger partial charge in [-0.1, -0.05) is 37.1 Å². The van der Waals surface area contributed by atoms with E-state index in [1.54, 1.807) is 0 Å². The van der Waals surface area contributed by atoms with Crippen LogP contribution in [0.3, 0.4) is 0 Å². The Morgan fingerprint density at radius 3 is 2.48 bits per heavy atom. The van der Waals surface area contributed by atoms with Gasteiger partial charge in [-0.3, -0.25) is 0 Å². The van der Waals surface area contributed by atoms with E-state index in [0.29, 0.717) is 16.3 Å². The first-order chi connectivity index (χ1) is 14.7. The van der Waals surface area contributed by atoms with E-state index in [0.717, 1.165) is 42.0 Å². The lowest BCUT2D eigenvalue weighted by molar-refractivity contribution is -0.137. The van der Waals surface area contributed by atoms with Crippen LogP contribution in [0.5, 0.6) is 5.75 Å². The summed E-state index contributed by atoms with van der Waals surface area (Å²) in [5.41, 5.74) is 0.732. The van der Waals surface area contributed by atoms with Crippen molar-refractivity contribution in [1.82, 2.24) is 4.98 Å². The first kappa shape index (κ1) is 23.1. The predicted molar refractivity (Wildman–Crippen MR) is 114 cm³/mol. The van der Waals surface area contributed by atoms with Gasteiger partial charge in [0.25, 0.3) is 0 Å². The number of nitrogens with zero attached hydrogens (tertiary/aromatic N) is 1. The SMILES string of the molecule is CCCCc1nc(-c2ccc(C(F)(F)F)cc2)sc1COc1ccc(C(=O)O)c(Cl)c1. The van der Waals surface area contributed by atoms with Crippen LogP contribution in [0.1, 0.15) is 46.3 Å². The van der Waals surface area contributed by atoms with Crippen molar-refractivity contribution in [1.29, 1.82) is 0 Å². The maximum atomic E-state index is 12.8. The average molecular weight is 470 g/mol. The minimum absolute atomic E-state index is 0.0139. The summed E-state index contributed by atoms with van der Waals surface area (Å²) in [6.45, 7) is 2.26. The van der Waals surface area contributed by atoms with Gasteiger partial charge in [0.15, 0.2) is 0 Å². The topological polar surface area (TPSA) is 59.4 Å². The number of halogens is 4. The molecule has 0 spiro atoms. The number of ether oxygens (including phenoxy) is 1. The summed E-state index contributed by atoms with van der Waals surface area (Å²) in [7, 11) is 0. The second-order valence-electron chi connectivity index (χ2n) is 6.80. The maximum Gasteiger partial charge on any atom is 0.416 e. The van der Waals surface area contributed by atoms with Crippen molar-refractivity contribution in [3.63, 3.8) is 0 Å². The lowest BCUT2D eigenvalue weighted by atomic mass is 10.1. The smallest absolute Gasteiger partial charge is 0.416 e. The van der Waals surface area contributed by atoms with Crippen molar-refractivity contribution in [2.24, 2.45) is 0 Å². The summed E-state index contributed by atoms with van der Waals surface area (Å²) >= 11 is 7.35. The molecular weight excluding hydrogens is 451 g/mol. The summed E-state index contributed by atoms with van der Waals surface area (Å²) in [6.07, 6.45) is -1.77. The highest BCUT2D eigenvalue weighted by Crippen LogP contribution is 2.34. The van der Waals surface area contributed by atoms with Crippen LogP contribution in [-0.4, -0.2) is 16.1 Å². The van der Waals surface area contributed by atoms with Gasteiger partial charge >= 0.3 is 12.1 Å². The molecule has 9 heteroatoms. The molecule has 164 valence electrons.